The van der Waals surface area contributed by atoms with Crippen LogP contribution in [0.3, 0.4) is 0 Å². The number of hydrogen-bond donors (Lipinski definition) is 2. The van der Waals surface area contributed by atoms with Crippen molar-refractivity contribution in [2.45, 2.75) is 104 Å². The van der Waals surface area contributed by atoms with Gasteiger partial charge in [0.1, 0.15) is 12.1 Å². The molecule has 2 amide bonds. The highest BCUT2D eigenvalue weighted by molar-refractivity contribution is 5.89. The van der Waals surface area contributed by atoms with Crippen LogP contribution in [0.1, 0.15) is 85.5 Å². The van der Waals surface area contributed by atoms with Crippen LogP contribution in [0.25, 0.3) is 0 Å². The summed E-state index contributed by atoms with van der Waals surface area (Å²) < 4.78 is 5.99. The van der Waals surface area contributed by atoms with Crippen LogP contribution in [0.15, 0.2) is 0 Å². The van der Waals surface area contributed by atoms with Crippen molar-refractivity contribution in [2.24, 2.45) is 17.3 Å². The molecule has 2 rings (SSSR count). The summed E-state index contributed by atoms with van der Waals surface area (Å²) in [5.41, 5.74) is -0.150. The fourth-order valence-corrected chi connectivity index (χ4v) is 4.56. The van der Waals surface area contributed by atoms with Crippen LogP contribution in [0, 0.1) is 28.6 Å². The molecule has 0 radical (unpaired) electrons. The lowest BCUT2D eigenvalue weighted by Crippen LogP contribution is -2.42. The lowest BCUT2D eigenvalue weighted by atomic mass is 9.81. The Labute approximate surface area is 186 Å². The van der Waals surface area contributed by atoms with Gasteiger partial charge in [0.2, 0.25) is 11.8 Å². The van der Waals surface area contributed by atoms with Crippen LogP contribution in [0.5, 0.6) is 0 Å². The van der Waals surface area contributed by atoms with Gasteiger partial charge in [0.15, 0.2) is 5.78 Å². The van der Waals surface area contributed by atoms with Crippen LogP contribution in [0.4, 0.5) is 0 Å². The molecule has 1 aliphatic carbocycles. The third-order valence-electron chi connectivity index (χ3n) is 6.23. The number of nitriles is 1. The van der Waals surface area contributed by atoms with Crippen molar-refractivity contribution in [3.05, 3.63) is 0 Å². The van der Waals surface area contributed by atoms with Crippen LogP contribution in [-0.4, -0.2) is 42.4 Å². The molecule has 1 saturated heterocycles. The molecule has 0 aromatic carbocycles. The van der Waals surface area contributed by atoms with Gasteiger partial charge in [0, 0.05) is 24.8 Å². The molecule has 1 heterocycles. The van der Waals surface area contributed by atoms with E-state index in [1.165, 1.54) is 6.42 Å². The first kappa shape index (κ1) is 25.3. The Morgan fingerprint density at radius 2 is 1.90 bits per heavy atom. The van der Waals surface area contributed by atoms with Crippen molar-refractivity contribution in [3.63, 3.8) is 0 Å². The third-order valence-corrected chi connectivity index (χ3v) is 6.23. The normalized spacial score (nSPS) is 22.8. The van der Waals surface area contributed by atoms with Gasteiger partial charge in [-0.25, -0.2) is 0 Å². The Hall–Kier alpha value is -1.94. The SMILES string of the molecule is CC(OC1CCCCC1)C(=O)C[C@@H](CC(C)(C)C)C(=O)N[C@H](C#N)C[C@@H]1CCNC1=O. The van der Waals surface area contributed by atoms with Crippen LogP contribution < -0.4 is 10.6 Å². The van der Waals surface area contributed by atoms with Gasteiger partial charge in [-0.15, -0.1) is 0 Å². The standard InChI is InChI=1S/C24H39N3O4/c1-16(31-20-8-6-5-7-9-20)21(28)13-18(14-24(2,3)4)23(30)27-19(15-25)12-17-10-11-26-22(17)29/h16-20H,5-14H2,1-4H3,(H,26,29)(H,27,30)/t16?,17-,18-,19-/m0/s1. The second-order valence-electron chi connectivity index (χ2n) is 10.4. The molecule has 4 atom stereocenters. The van der Waals surface area contributed by atoms with Crippen molar-refractivity contribution in [1.82, 2.24) is 10.6 Å². The zero-order valence-electron chi connectivity index (χ0n) is 19.5. The Bertz CT molecular complexity index is 673. The molecule has 2 aliphatic rings. The molecule has 0 bridgehead atoms. The van der Waals surface area contributed by atoms with Gasteiger partial charge in [-0.2, -0.15) is 5.26 Å². The quantitative estimate of drug-likeness (QED) is 0.550. The van der Waals surface area contributed by atoms with E-state index in [2.05, 4.69) is 16.7 Å². The van der Waals surface area contributed by atoms with Crippen molar-refractivity contribution < 1.29 is 19.1 Å². The van der Waals surface area contributed by atoms with E-state index in [1.807, 2.05) is 20.8 Å². The number of ketones is 1. The molecular weight excluding hydrogens is 394 g/mol. The monoisotopic (exact) mass is 433 g/mol. The average molecular weight is 434 g/mol. The summed E-state index contributed by atoms with van der Waals surface area (Å²) in [6, 6.07) is 1.37. The molecular formula is C24H39N3O4. The first-order chi connectivity index (χ1) is 14.6. The minimum atomic E-state index is -0.741. The Morgan fingerprint density at radius 1 is 1.23 bits per heavy atom. The van der Waals surface area contributed by atoms with Crippen LogP contribution in [0.2, 0.25) is 0 Å². The van der Waals surface area contributed by atoms with Gasteiger partial charge < -0.3 is 15.4 Å². The number of ether oxygens (including phenoxy) is 1. The summed E-state index contributed by atoms with van der Waals surface area (Å²) in [6.07, 6.45) is 6.66. The first-order valence-corrected chi connectivity index (χ1v) is 11.7. The third kappa shape index (κ3) is 8.60. The Balaban J connectivity index is 1.97. The lowest BCUT2D eigenvalue weighted by molar-refractivity contribution is -0.139. The highest BCUT2D eigenvalue weighted by Crippen LogP contribution is 2.28. The fraction of sp³-hybridized carbons (Fsp3) is 0.833. The number of rotatable bonds is 10. The minimum Gasteiger partial charge on any atom is -0.368 e. The maximum Gasteiger partial charge on any atom is 0.224 e. The molecule has 174 valence electrons. The second-order valence-corrected chi connectivity index (χ2v) is 10.4. The maximum absolute atomic E-state index is 13.0. The number of nitrogens with zero attached hydrogens (tertiary/aromatic N) is 1. The molecule has 0 aromatic heterocycles. The summed E-state index contributed by atoms with van der Waals surface area (Å²) in [5, 5.41) is 15.1. The first-order valence-electron chi connectivity index (χ1n) is 11.7. The molecule has 1 aliphatic heterocycles. The molecule has 0 spiro atoms. The van der Waals surface area contributed by atoms with E-state index in [4.69, 9.17) is 4.74 Å². The number of amides is 2. The van der Waals surface area contributed by atoms with Gasteiger partial charge in [-0.1, -0.05) is 40.0 Å². The summed E-state index contributed by atoms with van der Waals surface area (Å²) in [7, 11) is 0. The Kier molecular flexibility index (Phi) is 9.49. The summed E-state index contributed by atoms with van der Waals surface area (Å²) >= 11 is 0. The molecule has 1 unspecified atom stereocenters. The number of carbonyl (C=O) groups excluding carboxylic acids is 3. The summed E-state index contributed by atoms with van der Waals surface area (Å²) in [4.78, 5) is 37.7. The van der Waals surface area contributed by atoms with Crippen molar-refractivity contribution in [2.75, 3.05) is 6.54 Å². The molecule has 7 heteroatoms. The minimum absolute atomic E-state index is 0.0652. The van der Waals surface area contributed by atoms with E-state index in [-0.39, 0.29) is 41.5 Å². The zero-order valence-corrected chi connectivity index (χ0v) is 19.5. The van der Waals surface area contributed by atoms with Crippen LogP contribution in [-0.2, 0) is 19.1 Å². The van der Waals surface area contributed by atoms with Crippen molar-refractivity contribution in [3.8, 4) is 6.07 Å². The fourth-order valence-electron chi connectivity index (χ4n) is 4.56. The number of hydrogen-bond acceptors (Lipinski definition) is 5. The van der Waals surface area contributed by atoms with E-state index in [0.29, 0.717) is 25.8 Å². The van der Waals surface area contributed by atoms with Gasteiger partial charge >= 0.3 is 0 Å². The van der Waals surface area contributed by atoms with Gasteiger partial charge in [0.25, 0.3) is 0 Å². The van der Waals surface area contributed by atoms with Gasteiger partial charge in [-0.3, -0.25) is 14.4 Å². The topological polar surface area (TPSA) is 108 Å². The zero-order chi connectivity index (χ0) is 23.0. The van der Waals surface area contributed by atoms with E-state index in [9.17, 15) is 19.6 Å². The van der Waals surface area contributed by atoms with Gasteiger partial charge in [0.05, 0.1) is 12.2 Å². The summed E-state index contributed by atoms with van der Waals surface area (Å²) in [5.74, 6) is -1.21. The predicted octanol–water partition coefficient (Wildman–Crippen LogP) is 3.27. The summed E-state index contributed by atoms with van der Waals surface area (Å²) in [6.45, 7) is 8.48. The molecule has 2 fully saturated rings. The molecule has 1 saturated carbocycles. The molecule has 31 heavy (non-hydrogen) atoms. The van der Waals surface area contributed by atoms with Gasteiger partial charge in [-0.05, 0) is 44.4 Å². The Morgan fingerprint density at radius 3 is 2.45 bits per heavy atom. The molecule has 0 aromatic rings. The smallest absolute Gasteiger partial charge is 0.224 e. The maximum atomic E-state index is 13.0. The van der Waals surface area contributed by atoms with E-state index in [1.54, 1.807) is 6.92 Å². The number of Topliss-reactive ketones (excluding diaryl/α,β-unsaturated/α-hetero) is 1. The predicted molar refractivity (Wildman–Crippen MR) is 118 cm³/mol. The highest BCUT2D eigenvalue weighted by Gasteiger charge is 2.33. The van der Waals surface area contributed by atoms with E-state index < -0.39 is 18.1 Å². The van der Waals surface area contributed by atoms with E-state index in [0.717, 1.165) is 25.7 Å². The largest absolute Gasteiger partial charge is 0.368 e. The van der Waals surface area contributed by atoms with Crippen LogP contribution >= 0.6 is 0 Å². The number of nitrogens with one attached hydrogen (secondary N) is 2. The van der Waals surface area contributed by atoms with E-state index >= 15 is 0 Å². The molecule has 2 N–H and O–H groups in total. The average Bonchev–Trinajstić information content (AvgIpc) is 3.11. The second kappa shape index (κ2) is 11.6. The lowest BCUT2D eigenvalue weighted by Gasteiger charge is -2.28. The number of carbonyl (C=O) groups is 3. The molecule has 7 nitrogen and oxygen atoms in total. The van der Waals surface area contributed by atoms with Crippen molar-refractivity contribution >= 4 is 17.6 Å². The van der Waals surface area contributed by atoms with Crippen molar-refractivity contribution in [1.29, 1.82) is 5.26 Å². The highest BCUT2D eigenvalue weighted by atomic mass is 16.5.